The van der Waals surface area contributed by atoms with E-state index in [2.05, 4.69) is 17.2 Å². The summed E-state index contributed by atoms with van der Waals surface area (Å²) in [5.41, 5.74) is 15.5. The summed E-state index contributed by atoms with van der Waals surface area (Å²) in [5.74, 6) is -0.874. The molecule has 0 aromatic rings. The SMILES string of the molecule is CC(C)[C@H](N)C(=O)O.CCCCN=C(N)NC(=N)N.Cl. The molecule has 0 rings (SSSR count). The molecule has 120 valence electrons. The molecule has 9 heteroatoms. The highest BCUT2D eigenvalue weighted by molar-refractivity contribution is 5.95. The highest BCUT2D eigenvalue weighted by Crippen LogP contribution is 1.96. The number of carboxylic acids is 1. The van der Waals surface area contributed by atoms with Crippen LogP contribution in [0.1, 0.15) is 33.6 Å². The van der Waals surface area contributed by atoms with Crippen LogP contribution in [0.15, 0.2) is 4.99 Å². The van der Waals surface area contributed by atoms with Crippen LogP contribution in [0.25, 0.3) is 0 Å². The first-order valence-corrected chi connectivity index (χ1v) is 6.11. The topological polar surface area (TPSA) is 164 Å². The maximum Gasteiger partial charge on any atom is 0.320 e. The molecule has 0 aliphatic heterocycles. The van der Waals surface area contributed by atoms with Gasteiger partial charge in [-0.05, 0) is 12.3 Å². The molecule has 0 saturated heterocycles. The van der Waals surface area contributed by atoms with Crippen molar-refractivity contribution in [3.05, 3.63) is 0 Å². The minimum absolute atomic E-state index is 0. The van der Waals surface area contributed by atoms with Gasteiger partial charge in [-0.15, -0.1) is 12.4 Å². The monoisotopic (exact) mass is 310 g/mol. The lowest BCUT2D eigenvalue weighted by Crippen LogP contribution is -2.40. The van der Waals surface area contributed by atoms with Crippen molar-refractivity contribution in [2.75, 3.05) is 6.54 Å². The summed E-state index contributed by atoms with van der Waals surface area (Å²) in [4.78, 5) is 13.9. The second kappa shape index (κ2) is 13.9. The maximum atomic E-state index is 10.0. The zero-order valence-corrected chi connectivity index (χ0v) is 13.0. The molecule has 0 unspecified atom stereocenters. The van der Waals surface area contributed by atoms with Gasteiger partial charge in [-0.2, -0.15) is 0 Å². The van der Waals surface area contributed by atoms with E-state index in [-0.39, 0.29) is 30.2 Å². The minimum atomic E-state index is -0.931. The molecule has 0 aliphatic carbocycles. The van der Waals surface area contributed by atoms with E-state index in [9.17, 15) is 4.79 Å². The van der Waals surface area contributed by atoms with E-state index in [1.165, 1.54) is 0 Å². The standard InChI is InChI=1S/C6H15N5.C5H11NO2.ClH/c1-2-3-4-10-6(9)11-5(7)8;1-3(2)4(6)5(7)8;/h2-4H2,1H3,(H6,7,8,9,10,11);3-4H,6H2,1-2H3,(H,7,8);1H/t;4-;/m.0./s1. The predicted molar refractivity (Wildman–Crippen MR) is 84.1 cm³/mol. The van der Waals surface area contributed by atoms with Crippen LogP contribution in [0, 0.1) is 11.3 Å². The zero-order valence-electron chi connectivity index (χ0n) is 12.2. The van der Waals surface area contributed by atoms with Gasteiger partial charge in [0.25, 0.3) is 0 Å². The van der Waals surface area contributed by atoms with Crippen molar-refractivity contribution >= 4 is 30.3 Å². The van der Waals surface area contributed by atoms with E-state index in [0.717, 1.165) is 12.8 Å². The summed E-state index contributed by atoms with van der Waals surface area (Å²) in [6.07, 6.45) is 2.08. The number of hydrogen-bond acceptors (Lipinski definition) is 4. The predicted octanol–water partition coefficient (Wildman–Crippen LogP) is 0.0604. The molecule has 9 N–H and O–H groups in total. The molecular formula is C11H27ClN6O2. The number of rotatable bonds is 5. The molecule has 0 amide bonds. The van der Waals surface area contributed by atoms with E-state index in [1.807, 2.05) is 0 Å². The van der Waals surface area contributed by atoms with Gasteiger partial charge in [-0.3, -0.25) is 20.5 Å². The summed E-state index contributed by atoms with van der Waals surface area (Å²) in [6.45, 7) is 6.31. The Labute approximate surface area is 126 Å². The molecule has 0 radical (unpaired) electrons. The summed E-state index contributed by atoms with van der Waals surface area (Å²) in [7, 11) is 0. The second-order valence-corrected chi connectivity index (χ2v) is 4.27. The fourth-order valence-electron chi connectivity index (χ4n) is 0.820. The number of nitrogens with two attached hydrogens (primary N) is 3. The van der Waals surface area contributed by atoms with Gasteiger partial charge in [0, 0.05) is 6.54 Å². The Kier molecular flexibility index (Phi) is 16.3. The molecule has 0 bridgehead atoms. The normalized spacial score (nSPS) is 11.8. The highest BCUT2D eigenvalue weighted by atomic mass is 35.5. The first-order valence-electron chi connectivity index (χ1n) is 6.11. The number of nitrogens with zero attached hydrogens (tertiary/aromatic N) is 1. The lowest BCUT2D eigenvalue weighted by Gasteiger charge is -2.07. The van der Waals surface area contributed by atoms with Crippen LogP contribution < -0.4 is 22.5 Å². The minimum Gasteiger partial charge on any atom is -0.480 e. The number of carboxylic acid groups (broad SMARTS) is 1. The van der Waals surface area contributed by atoms with Crippen LogP contribution in [0.4, 0.5) is 0 Å². The number of carbonyl (C=O) groups is 1. The van der Waals surface area contributed by atoms with E-state index < -0.39 is 12.0 Å². The molecule has 0 heterocycles. The number of unbranched alkanes of at least 4 members (excludes halogenated alkanes) is 1. The van der Waals surface area contributed by atoms with Gasteiger partial charge in [-0.25, -0.2) is 0 Å². The summed E-state index contributed by atoms with van der Waals surface area (Å²) in [5, 5.41) is 17.4. The maximum absolute atomic E-state index is 10.0. The van der Waals surface area contributed by atoms with Crippen molar-refractivity contribution in [1.29, 1.82) is 5.41 Å². The van der Waals surface area contributed by atoms with Gasteiger partial charge in [0.05, 0.1) is 0 Å². The van der Waals surface area contributed by atoms with Gasteiger partial charge < -0.3 is 22.3 Å². The van der Waals surface area contributed by atoms with Crippen LogP contribution in [-0.2, 0) is 4.79 Å². The lowest BCUT2D eigenvalue weighted by atomic mass is 10.1. The summed E-state index contributed by atoms with van der Waals surface area (Å²) >= 11 is 0. The average molecular weight is 311 g/mol. The van der Waals surface area contributed by atoms with Crippen LogP contribution in [0.3, 0.4) is 0 Å². The molecule has 0 fully saturated rings. The molecule has 0 aliphatic rings. The lowest BCUT2D eigenvalue weighted by molar-refractivity contribution is -0.139. The third-order valence-corrected chi connectivity index (χ3v) is 2.06. The number of aliphatic imine (C=N–C) groups is 1. The fraction of sp³-hybridized carbons (Fsp3) is 0.727. The molecule has 0 aromatic carbocycles. The number of nitrogens with one attached hydrogen (secondary N) is 2. The van der Waals surface area contributed by atoms with Gasteiger partial charge in [-0.1, -0.05) is 27.2 Å². The van der Waals surface area contributed by atoms with E-state index >= 15 is 0 Å². The Hall–Kier alpha value is -1.54. The van der Waals surface area contributed by atoms with Crippen molar-refractivity contribution in [2.45, 2.75) is 39.7 Å². The molecule has 0 saturated carbocycles. The average Bonchev–Trinajstić information content (AvgIpc) is 2.27. The quantitative estimate of drug-likeness (QED) is 0.239. The van der Waals surface area contributed by atoms with Crippen molar-refractivity contribution < 1.29 is 9.90 Å². The molecular weight excluding hydrogens is 284 g/mol. The van der Waals surface area contributed by atoms with Crippen LogP contribution in [-0.4, -0.2) is 35.6 Å². The van der Waals surface area contributed by atoms with E-state index in [1.54, 1.807) is 13.8 Å². The summed E-state index contributed by atoms with van der Waals surface area (Å²) < 4.78 is 0. The molecule has 1 atom stereocenters. The third-order valence-electron chi connectivity index (χ3n) is 2.06. The Morgan fingerprint density at radius 3 is 2.15 bits per heavy atom. The van der Waals surface area contributed by atoms with Gasteiger partial charge in [0.2, 0.25) is 0 Å². The smallest absolute Gasteiger partial charge is 0.320 e. The first-order chi connectivity index (χ1) is 8.72. The molecule has 0 spiro atoms. The Morgan fingerprint density at radius 1 is 1.40 bits per heavy atom. The highest BCUT2D eigenvalue weighted by Gasteiger charge is 2.14. The van der Waals surface area contributed by atoms with E-state index in [4.69, 9.17) is 27.7 Å². The Bertz CT molecular complexity index is 309. The van der Waals surface area contributed by atoms with Crippen LogP contribution in [0.2, 0.25) is 0 Å². The van der Waals surface area contributed by atoms with Crippen LogP contribution in [0.5, 0.6) is 0 Å². The Morgan fingerprint density at radius 2 is 1.90 bits per heavy atom. The zero-order chi connectivity index (χ0) is 15.4. The fourth-order valence-corrected chi connectivity index (χ4v) is 0.820. The van der Waals surface area contributed by atoms with Gasteiger partial charge in [0.1, 0.15) is 6.04 Å². The Balaban J connectivity index is -0.000000288. The van der Waals surface area contributed by atoms with Crippen LogP contribution >= 0.6 is 12.4 Å². The number of guanidine groups is 2. The van der Waals surface area contributed by atoms with Gasteiger partial charge in [0.15, 0.2) is 11.9 Å². The second-order valence-electron chi connectivity index (χ2n) is 4.27. The molecule has 8 nitrogen and oxygen atoms in total. The van der Waals surface area contributed by atoms with Crippen molar-refractivity contribution in [1.82, 2.24) is 5.32 Å². The van der Waals surface area contributed by atoms with Crippen molar-refractivity contribution in [3.63, 3.8) is 0 Å². The van der Waals surface area contributed by atoms with Crippen molar-refractivity contribution in [2.24, 2.45) is 28.1 Å². The van der Waals surface area contributed by atoms with E-state index in [0.29, 0.717) is 6.54 Å². The molecule has 0 aromatic heterocycles. The third kappa shape index (κ3) is 16.5. The largest absolute Gasteiger partial charge is 0.480 e. The first kappa shape index (κ1) is 23.5. The summed E-state index contributed by atoms with van der Waals surface area (Å²) in [6, 6.07) is -0.713. The molecule has 20 heavy (non-hydrogen) atoms. The number of hydrogen-bond donors (Lipinski definition) is 6. The van der Waals surface area contributed by atoms with Gasteiger partial charge >= 0.3 is 5.97 Å². The number of halogens is 1. The van der Waals surface area contributed by atoms with Crippen molar-refractivity contribution in [3.8, 4) is 0 Å². The number of aliphatic carboxylic acids is 1.